The predicted octanol–water partition coefficient (Wildman–Crippen LogP) is 3.21. The second-order valence-corrected chi connectivity index (χ2v) is 9.34. The number of ether oxygens (including phenoxy) is 3. The molecule has 2 aromatic carbocycles. The summed E-state index contributed by atoms with van der Waals surface area (Å²) < 4.78 is 32.2. The predicted molar refractivity (Wildman–Crippen MR) is 127 cm³/mol. The Morgan fingerprint density at radius 2 is 2.06 bits per heavy atom. The lowest BCUT2D eigenvalue weighted by Gasteiger charge is -2.26. The van der Waals surface area contributed by atoms with Gasteiger partial charge in [0.1, 0.15) is 30.3 Å². The molecule has 2 saturated heterocycles. The molecule has 3 aliphatic heterocycles. The van der Waals surface area contributed by atoms with E-state index in [4.69, 9.17) is 14.2 Å². The number of carbonyl (C=O) groups excluding carboxylic acids is 1. The molecule has 2 aromatic rings. The number of benzene rings is 2. The molecule has 0 bridgehead atoms. The molecule has 2 atom stereocenters. The zero-order valence-electron chi connectivity index (χ0n) is 19.6. The van der Waals surface area contributed by atoms with E-state index < -0.39 is 18.0 Å². The highest BCUT2D eigenvalue weighted by Crippen LogP contribution is 2.41. The van der Waals surface area contributed by atoms with E-state index >= 15 is 4.39 Å². The molecule has 0 aliphatic carbocycles. The Morgan fingerprint density at radius 1 is 1.20 bits per heavy atom. The van der Waals surface area contributed by atoms with Crippen LogP contribution in [-0.2, 0) is 27.3 Å². The Balaban J connectivity index is 1.34. The van der Waals surface area contributed by atoms with Crippen LogP contribution in [-0.4, -0.2) is 51.0 Å². The maximum atomic E-state index is 15.2. The average Bonchev–Trinajstić information content (AvgIpc) is 3.19. The lowest BCUT2D eigenvalue weighted by molar-refractivity contribution is -0.132. The molecular weight excluding hydrogens is 449 g/mol. The highest BCUT2D eigenvalue weighted by Gasteiger charge is 2.26. The van der Waals surface area contributed by atoms with Crippen LogP contribution < -0.4 is 15.4 Å². The van der Waals surface area contributed by atoms with Gasteiger partial charge in [-0.3, -0.25) is 4.79 Å². The molecule has 3 heterocycles. The van der Waals surface area contributed by atoms with E-state index in [1.807, 2.05) is 0 Å². The van der Waals surface area contributed by atoms with Gasteiger partial charge in [-0.15, -0.1) is 0 Å². The first-order chi connectivity index (χ1) is 17.1. The molecule has 1 amide bonds. The van der Waals surface area contributed by atoms with Crippen molar-refractivity contribution in [1.82, 2.24) is 10.6 Å². The second kappa shape index (κ2) is 10.7. The molecule has 35 heavy (non-hydrogen) atoms. The lowest BCUT2D eigenvalue weighted by atomic mass is 9.86. The van der Waals surface area contributed by atoms with E-state index in [0.717, 1.165) is 55.7 Å². The van der Waals surface area contributed by atoms with Crippen molar-refractivity contribution in [2.24, 2.45) is 0 Å². The zero-order valence-corrected chi connectivity index (χ0v) is 19.6. The van der Waals surface area contributed by atoms with Crippen molar-refractivity contribution < 1.29 is 23.4 Å². The quantitative estimate of drug-likeness (QED) is 0.684. The van der Waals surface area contributed by atoms with Crippen LogP contribution in [0.3, 0.4) is 0 Å². The summed E-state index contributed by atoms with van der Waals surface area (Å²) in [6, 6.07) is 10.7. The minimum atomic E-state index is -0.877. The number of halogens is 1. The summed E-state index contributed by atoms with van der Waals surface area (Å²) in [7, 11) is 0. The van der Waals surface area contributed by atoms with Gasteiger partial charge in [-0.25, -0.2) is 4.39 Å². The summed E-state index contributed by atoms with van der Waals surface area (Å²) in [5, 5.41) is 15.5. The number of nitriles is 1. The molecule has 0 radical (unpaired) electrons. The number of hydrogen-bond donors (Lipinski definition) is 2. The van der Waals surface area contributed by atoms with Crippen LogP contribution in [0.2, 0.25) is 0 Å². The fraction of sp³-hybridized carbons (Fsp3) is 0.481. The van der Waals surface area contributed by atoms with Gasteiger partial charge in [0.25, 0.3) is 5.91 Å². The molecule has 1 unspecified atom stereocenters. The maximum Gasteiger partial charge on any atom is 0.251 e. The summed E-state index contributed by atoms with van der Waals surface area (Å²) in [5.74, 6) is 0.253. The molecule has 184 valence electrons. The van der Waals surface area contributed by atoms with E-state index in [1.165, 1.54) is 11.6 Å². The van der Waals surface area contributed by atoms with Crippen LogP contribution >= 0.6 is 0 Å². The summed E-state index contributed by atoms with van der Waals surface area (Å²) in [6.07, 6.45) is 2.18. The Morgan fingerprint density at radius 3 is 2.89 bits per heavy atom. The van der Waals surface area contributed by atoms with Gasteiger partial charge in [0.15, 0.2) is 0 Å². The normalized spacial score (nSPS) is 21.0. The van der Waals surface area contributed by atoms with Gasteiger partial charge in [0, 0.05) is 38.3 Å². The molecule has 5 rings (SSSR count). The lowest BCUT2D eigenvalue weighted by Crippen LogP contribution is -2.46. The number of carbonyl (C=O) groups is 1. The molecule has 0 saturated carbocycles. The first-order valence-corrected chi connectivity index (χ1v) is 12.3. The van der Waals surface area contributed by atoms with Gasteiger partial charge < -0.3 is 24.8 Å². The minimum Gasteiger partial charge on any atom is -0.488 e. The third-order valence-corrected chi connectivity index (χ3v) is 6.98. The number of nitrogens with zero attached hydrogens (tertiary/aromatic N) is 1. The van der Waals surface area contributed by atoms with Crippen LogP contribution in [0.5, 0.6) is 5.75 Å². The summed E-state index contributed by atoms with van der Waals surface area (Å²) in [4.78, 5) is 12.6. The van der Waals surface area contributed by atoms with Gasteiger partial charge in [-0.2, -0.15) is 5.26 Å². The van der Waals surface area contributed by atoms with E-state index in [0.29, 0.717) is 37.0 Å². The van der Waals surface area contributed by atoms with Crippen LogP contribution in [0.15, 0.2) is 30.3 Å². The van der Waals surface area contributed by atoms with E-state index in [1.54, 1.807) is 6.07 Å². The van der Waals surface area contributed by atoms with E-state index in [9.17, 15) is 10.1 Å². The molecule has 0 aromatic heterocycles. The van der Waals surface area contributed by atoms with Gasteiger partial charge in [0.2, 0.25) is 0 Å². The largest absolute Gasteiger partial charge is 0.488 e. The maximum absolute atomic E-state index is 15.2. The molecular formula is C27H30FN3O4. The fourth-order valence-electron chi connectivity index (χ4n) is 4.99. The van der Waals surface area contributed by atoms with Crippen molar-refractivity contribution in [1.29, 1.82) is 5.26 Å². The highest BCUT2D eigenvalue weighted by molar-refractivity contribution is 5.82. The zero-order chi connectivity index (χ0) is 24.2. The number of amides is 1. The van der Waals surface area contributed by atoms with Crippen molar-refractivity contribution >= 4 is 5.91 Å². The third-order valence-electron chi connectivity index (χ3n) is 6.98. The van der Waals surface area contributed by atoms with E-state index in [2.05, 4.69) is 34.9 Å². The van der Waals surface area contributed by atoms with Crippen LogP contribution in [0.25, 0.3) is 11.1 Å². The van der Waals surface area contributed by atoms with Crippen molar-refractivity contribution in [2.45, 2.75) is 50.4 Å². The molecule has 2 fully saturated rings. The van der Waals surface area contributed by atoms with Gasteiger partial charge >= 0.3 is 0 Å². The Bertz CT molecular complexity index is 1120. The van der Waals surface area contributed by atoms with Gasteiger partial charge in [0.05, 0.1) is 6.07 Å². The number of fused-ring (bicyclic) bond motifs is 3. The van der Waals surface area contributed by atoms with Gasteiger partial charge in [-0.1, -0.05) is 18.2 Å². The van der Waals surface area contributed by atoms with Crippen molar-refractivity contribution in [2.75, 3.05) is 32.9 Å². The first-order valence-electron chi connectivity index (χ1n) is 12.3. The van der Waals surface area contributed by atoms with Crippen molar-refractivity contribution in [3.05, 3.63) is 52.8 Å². The van der Waals surface area contributed by atoms with Crippen molar-refractivity contribution in [3.63, 3.8) is 0 Å². The Kier molecular flexibility index (Phi) is 7.28. The third kappa shape index (κ3) is 5.32. The van der Waals surface area contributed by atoms with Crippen molar-refractivity contribution in [3.8, 4) is 22.9 Å². The van der Waals surface area contributed by atoms with Crippen LogP contribution in [0, 0.1) is 17.1 Å². The highest BCUT2D eigenvalue weighted by atomic mass is 19.1. The van der Waals surface area contributed by atoms with Gasteiger partial charge in [-0.05, 0) is 66.1 Å². The SMILES string of the molecule is N#CC(Cc1cc2c(cc1F)-c1cc(C3CCOCC3)ccc1CO2)NC(=O)[C@@H]1CNCCCO1. The monoisotopic (exact) mass is 479 g/mol. The molecule has 8 heteroatoms. The van der Waals surface area contributed by atoms with E-state index in [-0.39, 0.29) is 12.3 Å². The van der Waals surface area contributed by atoms with Crippen LogP contribution in [0.4, 0.5) is 4.39 Å². The van der Waals surface area contributed by atoms with Crippen LogP contribution in [0.1, 0.15) is 41.9 Å². The minimum absolute atomic E-state index is 0.0415. The molecule has 2 N–H and O–H groups in total. The number of nitrogens with one attached hydrogen (secondary N) is 2. The topological polar surface area (TPSA) is 92.6 Å². The smallest absolute Gasteiger partial charge is 0.251 e. The fourth-order valence-corrected chi connectivity index (χ4v) is 4.99. The standard InChI is InChI=1S/C27H30FN3O4/c28-24-13-23-22-11-18(17-4-8-33-9-5-17)2-3-19(22)16-35-25(23)12-20(24)10-21(14-29)31-27(32)26-15-30-6-1-7-34-26/h2-3,11-13,17,21,26,30H,1,4-10,15-16H2,(H,31,32)/t21?,26-/m0/s1. The average molecular weight is 480 g/mol. The summed E-state index contributed by atoms with van der Waals surface area (Å²) in [6.45, 7) is 3.59. The molecule has 0 spiro atoms. The second-order valence-electron chi connectivity index (χ2n) is 9.34. The number of rotatable bonds is 5. The molecule has 7 nitrogen and oxygen atoms in total. The Labute approximate surface area is 204 Å². The molecule has 3 aliphatic rings. The first kappa shape index (κ1) is 23.7. The summed E-state index contributed by atoms with van der Waals surface area (Å²) in [5.41, 5.74) is 4.31. The summed E-state index contributed by atoms with van der Waals surface area (Å²) >= 11 is 0. The number of hydrogen-bond acceptors (Lipinski definition) is 6. The Hall–Kier alpha value is -2.99.